The Labute approximate surface area is 161 Å². The van der Waals surface area contributed by atoms with Crippen LogP contribution in [-0.2, 0) is 19.1 Å². The second-order valence-corrected chi connectivity index (χ2v) is 10.8. The van der Waals surface area contributed by atoms with E-state index in [1.165, 1.54) is 6.92 Å². The van der Waals surface area contributed by atoms with E-state index in [1.807, 2.05) is 6.92 Å². The van der Waals surface area contributed by atoms with Gasteiger partial charge in [0.2, 0.25) is 0 Å². The number of carbonyl (C=O) groups is 2. The highest BCUT2D eigenvalue weighted by Crippen LogP contribution is 2.78. The minimum absolute atomic E-state index is 0.0236. The fourth-order valence-electron chi connectivity index (χ4n) is 8.69. The highest BCUT2D eigenvalue weighted by molar-refractivity contribution is 5.75. The minimum atomic E-state index is -0.644. The number of carboxylic acid groups (broad SMARTS) is 1. The van der Waals surface area contributed by atoms with Gasteiger partial charge in [0.1, 0.15) is 6.10 Å². The fraction of sp³-hybridized carbons (Fsp3) is 0.909. The van der Waals surface area contributed by atoms with Crippen molar-refractivity contribution < 1.29 is 24.2 Å². The van der Waals surface area contributed by atoms with Crippen LogP contribution in [0.4, 0.5) is 0 Å². The van der Waals surface area contributed by atoms with Crippen molar-refractivity contribution in [3.05, 3.63) is 0 Å². The van der Waals surface area contributed by atoms with E-state index in [1.54, 1.807) is 0 Å². The lowest BCUT2D eigenvalue weighted by Crippen LogP contribution is -2.61. The van der Waals surface area contributed by atoms with Gasteiger partial charge in [-0.3, -0.25) is 9.59 Å². The Bertz CT molecular complexity index is 719. The van der Waals surface area contributed by atoms with Gasteiger partial charge < -0.3 is 14.6 Å². The standard InChI is InChI=1S/C22H32O5/c1-12(23)26-14-10-16-19(2)7-5-8-20(3,18(24)25)15(19)6-9-22(16)11-13(14)21(4)17(22)27-21/h13-17H,5-11H2,1-4H3,(H,24,25). The first-order chi connectivity index (χ1) is 12.6. The summed E-state index contributed by atoms with van der Waals surface area (Å²) in [5.41, 5.74) is -0.667. The zero-order valence-electron chi connectivity index (χ0n) is 16.9. The van der Waals surface area contributed by atoms with Crippen LogP contribution in [0.2, 0.25) is 0 Å². The molecule has 4 aliphatic carbocycles. The largest absolute Gasteiger partial charge is 0.481 e. The summed E-state index contributed by atoms with van der Waals surface area (Å²) in [7, 11) is 0. The zero-order valence-corrected chi connectivity index (χ0v) is 16.9. The maximum absolute atomic E-state index is 12.2. The summed E-state index contributed by atoms with van der Waals surface area (Å²) in [6.07, 6.45) is 6.98. The molecule has 2 bridgehead atoms. The van der Waals surface area contributed by atoms with E-state index in [4.69, 9.17) is 9.47 Å². The van der Waals surface area contributed by atoms with Crippen LogP contribution in [0.15, 0.2) is 0 Å². The lowest BCUT2D eigenvalue weighted by Gasteiger charge is -2.64. The molecule has 0 aromatic rings. The molecule has 9 unspecified atom stereocenters. The predicted octanol–water partition coefficient (Wildman–Crippen LogP) is 3.79. The summed E-state index contributed by atoms with van der Waals surface area (Å²) in [5.74, 6) is -0.00262. The maximum atomic E-state index is 12.2. The van der Waals surface area contributed by atoms with Crippen LogP contribution in [0.25, 0.3) is 0 Å². The molecule has 5 nitrogen and oxygen atoms in total. The molecule has 0 radical (unpaired) electrons. The van der Waals surface area contributed by atoms with Gasteiger partial charge in [-0.25, -0.2) is 0 Å². The number of esters is 1. The summed E-state index contributed by atoms with van der Waals surface area (Å²) in [6, 6.07) is 0. The third-order valence-corrected chi connectivity index (χ3v) is 9.78. The van der Waals surface area contributed by atoms with Crippen molar-refractivity contribution in [2.75, 3.05) is 0 Å². The van der Waals surface area contributed by atoms with Crippen LogP contribution in [0.3, 0.4) is 0 Å². The Balaban J connectivity index is 1.57. The normalized spacial score (nSPS) is 57.9. The molecule has 5 rings (SSSR count). The molecule has 0 aromatic heterocycles. The number of aliphatic carboxylic acids is 1. The van der Waals surface area contributed by atoms with E-state index in [-0.39, 0.29) is 46.4 Å². The average molecular weight is 376 g/mol. The first-order valence-corrected chi connectivity index (χ1v) is 10.7. The predicted molar refractivity (Wildman–Crippen MR) is 97.9 cm³/mol. The van der Waals surface area contributed by atoms with E-state index in [0.29, 0.717) is 5.92 Å². The van der Waals surface area contributed by atoms with Gasteiger partial charge in [-0.05, 0) is 69.6 Å². The summed E-state index contributed by atoms with van der Waals surface area (Å²) in [4.78, 5) is 24.0. The van der Waals surface area contributed by atoms with E-state index in [2.05, 4.69) is 13.8 Å². The number of ether oxygens (including phenoxy) is 2. The molecule has 5 fully saturated rings. The number of fused-ring (bicyclic) bond motifs is 5. The van der Waals surface area contributed by atoms with Crippen LogP contribution in [0.1, 0.15) is 72.6 Å². The smallest absolute Gasteiger partial charge is 0.309 e. The molecule has 150 valence electrons. The molecule has 1 spiro atoms. The van der Waals surface area contributed by atoms with Gasteiger partial charge in [0.25, 0.3) is 0 Å². The van der Waals surface area contributed by atoms with Gasteiger partial charge in [0, 0.05) is 18.3 Å². The maximum Gasteiger partial charge on any atom is 0.309 e. The van der Waals surface area contributed by atoms with Gasteiger partial charge >= 0.3 is 11.9 Å². The Morgan fingerprint density at radius 3 is 2.52 bits per heavy atom. The molecule has 0 amide bonds. The van der Waals surface area contributed by atoms with E-state index < -0.39 is 11.4 Å². The van der Waals surface area contributed by atoms with Crippen LogP contribution in [0.5, 0.6) is 0 Å². The highest BCUT2D eigenvalue weighted by Gasteiger charge is 2.81. The average Bonchev–Trinajstić information content (AvgIpc) is 3.23. The third kappa shape index (κ3) is 2.00. The van der Waals surface area contributed by atoms with E-state index >= 15 is 0 Å². The van der Waals surface area contributed by atoms with Crippen molar-refractivity contribution in [3.63, 3.8) is 0 Å². The minimum Gasteiger partial charge on any atom is -0.481 e. The van der Waals surface area contributed by atoms with Crippen molar-refractivity contribution in [1.82, 2.24) is 0 Å². The molecule has 0 aromatic carbocycles. The van der Waals surface area contributed by atoms with Crippen LogP contribution in [0, 0.1) is 34.0 Å². The van der Waals surface area contributed by atoms with Gasteiger partial charge in [0.05, 0.1) is 17.1 Å². The van der Waals surface area contributed by atoms with Crippen molar-refractivity contribution in [1.29, 1.82) is 0 Å². The fourth-order valence-corrected chi connectivity index (χ4v) is 8.69. The van der Waals surface area contributed by atoms with Crippen LogP contribution >= 0.6 is 0 Å². The zero-order chi connectivity index (χ0) is 19.4. The molecule has 4 saturated carbocycles. The Morgan fingerprint density at radius 2 is 1.85 bits per heavy atom. The number of rotatable bonds is 2. The molecular formula is C22H32O5. The second kappa shape index (κ2) is 5.08. The quantitative estimate of drug-likeness (QED) is 0.586. The second-order valence-electron chi connectivity index (χ2n) is 10.8. The first kappa shape index (κ1) is 18.0. The summed E-state index contributed by atoms with van der Waals surface area (Å²) in [5, 5.41) is 10.1. The SMILES string of the molecule is CC(=O)OC1CC2C3(C)CCCC(C)(C(=O)O)C3CCC23CC1C1(C)OC31. The number of carboxylic acids is 1. The molecule has 27 heavy (non-hydrogen) atoms. The molecule has 5 aliphatic rings. The monoisotopic (exact) mass is 376 g/mol. The lowest BCUT2D eigenvalue weighted by atomic mass is 9.40. The molecule has 1 heterocycles. The van der Waals surface area contributed by atoms with Crippen molar-refractivity contribution in [3.8, 4) is 0 Å². The number of hydrogen-bond donors (Lipinski definition) is 1. The summed E-state index contributed by atoms with van der Waals surface area (Å²) >= 11 is 0. The van der Waals surface area contributed by atoms with Crippen molar-refractivity contribution >= 4 is 11.9 Å². The van der Waals surface area contributed by atoms with E-state index in [9.17, 15) is 14.7 Å². The molecular weight excluding hydrogens is 344 g/mol. The summed E-state index contributed by atoms with van der Waals surface area (Å²) in [6.45, 7) is 8.01. The van der Waals surface area contributed by atoms with Crippen LogP contribution in [-0.4, -0.2) is 34.9 Å². The first-order valence-electron chi connectivity index (χ1n) is 10.7. The molecule has 1 N–H and O–H groups in total. The molecule has 9 atom stereocenters. The number of carbonyl (C=O) groups excluding carboxylic acids is 1. The van der Waals surface area contributed by atoms with Gasteiger partial charge in [-0.15, -0.1) is 0 Å². The number of epoxide rings is 1. The third-order valence-electron chi connectivity index (χ3n) is 9.78. The Morgan fingerprint density at radius 1 is 1.11 bits per heavy atom. The number of hydrogen-bond acceptors (Lipinski definition) is 4. The molecule has 1 saturated heterocycles. The van der Waals surface area contributed by atoms with E-state index in [0.717, 1.165) is 44.9 Å². The van der Waals surface area contributed by atoms with Gasteiger partial charge in [-0.2, -0.15) is 0 Å². The lowest BCUT2D eigenvalue weighted by molar-refractivity contribution is -0.203. The Kier molecular flexibility index (Phi) is 3.38. The topological polar surface area (TPSA) is 76.1 Å². The highest BCUT2D eigenvalue weighted by atomic mass is 16.6. The van der Waals surface area contributed by atoms with Crippen molar-refractivity contribution in [2.24, 2.45) is 34.0 Å². The molecule has 5 heteroatoms. The Hall–Kier alpha value is -1.10. The summed E-state index contributed by atoms with van der Waals surface area (Å²) < 4.78 is 12.1. The molecule has 1 aliphatic heterocycles. The van der Waals surface area contributed by atoms with Crippen molar-refractivity contribution in [2.45, 2.75) is 90.4 Å². The van der Waals surface area contributed by atoms with Gasteiger partial charge in [0.15, 0.2) is 0 Å². The van der Waals surface area contributed by atoms with Crippen LogP contribution < -0.4 is 0 Å². The van der Waals surface area contributed by atoms with Gasteiger partial charge in [-0.1, -0.05) is 13.3 Å².